The number of hydrogen-bond donors (Lipinski definition) is 2. The molecule has 14 heavy (non-hydrogen) atoms. The largest absolute Gasteiger partial charge is 0.478 e. The lowest BCUT2D eigenvalue weighted by Gasteiger charge is -2.05. The van der Waals surface area contributed by atoms with Crippen molar-refractivity contribution < 1.29 is 9.90 Å². The van der Waals surface area contributed by atoms with Crippen molar-refractivity contribution in [3.05, 3.63) is 35.0 Å². The Morgan fingerprint density at radius 2 is 2.07 bits per heavy atom. The molecular formula is C11H11NO2. The average Bonchev–Trinajstić information content (AvgIpc) is 2.51. The Morgan fingerprint density at radius 3 is 2.71 bits per heavy atom. The highest BCUT2D eigenvalue weighted by Crippen LogP contribution is 2.24. The Bertz CT molecular complexity index is 511. The summed E-state index contributed by atoms with van der Waals surface area (Å²) in [4.78, 5) is 14.1. The first-order valence-electron chi connectivity index (χ1n) is 4.42. The van der Waals surface area contributed by atoms with E-state index in [0.717, 1.165) is 22.0 Å². The summed E-state index contributed by atoms with van der Waals surface area (Å²) in [6, 6.07) is 3.70. The quantitative estimate of drug-likeness (QED) is 0.724. The maximum Gasteiger partial charge on any atom is 0.336 e. The number of H-pyrrole nitrogens is 1. The number of aromatic nitrogens is 1. The molecule has 1 aromatic heterocycles. The molecule has 0 bridgehead atoms. The molecule has 0 spiro atoms. The highest BCUT2D eigenvalue weighted by Gasteiger charge is 2.13. The van der Waals surface area contributed by atoms with E-state index in [4.69, 9.17) is 5.11 Å². The first kappa shape index (κ1) is 8.81. The van der Waals surface area contributed by atoms with Crippen LogP contribution in [0.2, 0.25) is 0 Å². The van der Waals surface area contributed by atoms with Gasteiger partial charge in [-0.15, -0.1) is 0 Å². The first-order valence-corrected chi connectivity index (χ1v) is 4.42. The van der Waals surface area contributed by atoms with E-state index in [-0.39, 0.29) is 0 Å². The van der Waals surface area contributed by atoms with Crippen molar-refractivity contribution in [1.82, 2.24) is 4.98 Å². The summed E-state index contributed by atoms with van der Waals surface area (Å²) in [5.41, 5.74) is 3.19. The van der Waals surface area contributed by atoms with Crippen molar-refractivity contribution >= 4 is 16.9 Å². The zero-order valence-corrected chi connectivity index (χ0v) is 8.09. The summed E-state index contributed by atoms with van der Waals surface area (Å²) in [5.74, 6) is -0.868. The lowest BCUT2D eigenvalue weighted by molar-refractivity contribution is 0.0698. The van der Waals surface area contributed by atoms with Crippen molar-refractivity contribution in [2.75, 3.05) is 0 Å². The van der Waals surface area contributed by atoms with Gasteiger partial charge in [0.15, 0.2) is 0 Å². The predicted octanol–water partition coefficient (Wildman–Crippen LogP) is 2.48. The number of carbonyl (C=O) groups is 1. The fourth-order valence-electron chi connectivity index (χ4n) is 1.87. The summed E-state index contributed by atoms with van der Waals surface area (Å²) in [5, 5.41) is 9.85. The molecule has 0 aliphatic carbocycles. The number of fused-ring (bicyclic) bond motifs is 1. The number of carboxylic acids is 1. The normalized spacial score (nSPS) is 10.7. The van der Waals surface area contributed by atoms with Crippen molar-refractivity contribution in [3.8, 4) is 0 Å². The van der Waals surface area contributed by atoms with Crippen LogP contribution in [-0.4, -0.2) is 16.1 Å². The minimum absolute atomic E-state index is 0.395. The molecule has 0 atom stereocenters. The fraction of sp³-hybridized carbons (Fsp3) is 0.182. The Balaban J connectivity index is 2.93. The Hall–Kier alpha value is -1.77. The zero-order chi connectivity index (χ0) is 10.3. The van der Waals surface area contributed by atoms with Gasteiger partial charge in [-0.3, -0.25) is 0 Å². The van der Waals surface area contributed by atoms with Gasteiger partial charge in [-0.05, 0) is 31.0 Å². The van der Waals surface area contributed by atoms with Gasteiger partial charge in [-0.2, -0.15) is 0 Å². The Morgan fingerprint density at radius 1 is 1.36 bits per heavy atom. The molecule has 3 heteroatoms. The third-order valence-electron chi connectivity index (χ3n) is 2.45. The third kappa shape index (κ3) is 1.09. The lowest BCUT2D eigenvalue weighted by Crippen LogP contribution is -2.01. The maximum atomic E-state index is 11.0. The summed E-state index contributed by atoms with van der Waals surface area (Å²) in [6.45, 7) is 3.79. The summed E-state index contributed by atoms with van der Waals surface area (Å²) >= 11 is 0. The number of nitrogens with one attached hydrogen (secondary N) is 1. The van der Waals surface area contributed by atoms with E-state index in [1.807, 2.05) is 19.9 Å². The van der Waals surface area contributed by atoms with Gasteiger partial charge in [0.25, 0.3) is 0 Å². The molecule has 0 aliphatic heterocycles. The van der Waals surface area contributed by atoms with E-state index < -0.39 is 5.97 Å². The molecular weight excluding hydrogens is 178 g/mol. The van der Waals surface area contributed by atoms with Gasteiger partial charge in [-0.1, -0.05) is 6.07 Å². The Labute approximate surface area is 81.4 Å². The van der Waals surface area contributed by atoms with Gasteiger partial charge in [0.1, 0.15) is 0 Å². The number of aryl methyl sites for hydroxylation is 2. The second-order valence-corrected chi connectivity index (χ2v) is 3.46. The van der Waals surface area contributed by atoms with Crippen molar-refractivity contribution in [2.24, 2.45) is 0 Å². The highest BCUT2D eigenvalue weighted by atomic mass is 16.4. The molecule has 0 unspecified atom stereocenters. The van der Waals surface area contributed by atoms with Crippen LogP contribution in [0, 0.1) is 13.8 Å². The Kier molecular flexibility index (Phi) is 1.81. The molecule has 3 nitrogen and oxygen atoms in total. The van der Waals surface area contributed by atoms with E-state index >= 15 is 0 Å². The molecule has 0 amide bonds. The van der Waals surface area contributed by atoms with E-state index in [2.05, 4.69) is 4.98 Å². The predicted molar refractivity (Wildman–Crippen MR) is 54.7 cm³/mol. The zero-order valence-electron chi connectivity index (χ0n) is 8.09. The van der Waals surface area contributed by atoms with E-state index in [1.54, 1.807) is 12.3 Å². The first-order chi connectivity index (χ1) is 6.61. The standard InChI is InChI=1S/C11H11NO2/c1-6-5-7(2)10-8(3-4-12-10)9(6)11(13)14/h3-5,12H,1-2H3,(H,13,14). The number of rotatable bonds is 1. The second kappa shape index (κ2) is 2.87. The van der Waals surface area contributed by atoms with Crippen molar-refractivity contribution in [3.63, 3.8) is 0 Å². The van der Waals surface area contributed by atoms with Crippen LogP contribution in [0.1, 0.15) is 21.5 Å². The molecule has 0 fully saturated rings. The van der Waals surface area contributed by atoms with E-state index in [0.29, 0.717) is 5.56 Å². The minimum Gasteiger partial charge on any atom is -0.478 e. The number of aromatic carboxylic acids is 1. The number of benzene rings is 1. The van der Waals surface area contributed by atoms with E-state index in [9.17, 15) is 4.79 Å². The van der Waals surface area contributed by atoms with Gasteiger partial charge in [0.2, 0.25) is 0 Å². The monoisotopic (exact) mass is 189 g/mol. The number of hydrogen-bond acceptors (Lipinski definition) is 1. The van der Waals surface area contributed by atoms with Crippen LogP contribution < -0.4 is 0 Å². The van der Waals surface area contributed by atoms with Crippen LogP contribution in [-0.2, 0) is 0 Å². The molecule has 0 aliphatic rings. The molecule has 2 N–H and O–H groups in total. The van der Waals surface area contributed by atoms with Crippen LogP contribution in [0.3, 0.4) is 0 Å². The van der Waals surface area contributed by atoms with Gasteiger partial charge in [-0.25, -0.2) is 4.79 Å². The van der Waals surface area contributed by atoms with Gasteiger partial charge < -0.3 is 10.1 Å². The molecule has 0 saturated heterocycles. The molecule has 0 radical (unpaired) electrons. The molecule has 72 valence electrons. The lowest BCUT2D eigenvalue weighted by atomic mass is 10.0. The van der Waals surface area contributed by atoms with Gasteiger partial charge >= 0.3 is 5.97 Å². The average molecular weight is 189 g/mol. The minimum atomic E-state index is -0.868. The topological polar surface area (TPSA) is 53.1 Å². The molecule has 1 heterocycles. The molecule has 1 aromatic carbocycles. The van der Waals surface area contributed by atoms with Crippen LogP contribution in [0.4, 0.5) is 0 Å². The van der Waals surface area contributed by atoms with Crippen LogP contribution in [0.25, 0.3) is 10.9 Å². The van der Waals surface area contributed by atoms with Gasteiger partial charge in [0.05, 0.1) is 5.56 Å². The summed E-state index contributed by atoms with van der Waals surface area (Å²) in [7, 11) is 0. The van der Waals surface area contributed by atoms with Crippen LogP contribution >= 0.6 is 0 Å². The van der Waals surface area contributed by atoms with Crippen LogP contribution in [0.5, 0.6) is 0 Å². The smallest absolute Gasteiger partial charge is 0.336 e. The summed E-state index contributed by atoms with van der Waals surface area (Å²) < 4.78 is 0. The second-order valence-electron chi connectivity index (χ2n) is 3.46. The van der Waals surface area contributed by atoms with Gasteiger partial charge in [0, 0.05) is 17.1 Å². The fourth-order valence-corrected chi connectivity index (χ4v) is 1.87. The number of aromatic amines is 1. The van der Waals surface area contributed by atoms with Crippen LogP contribution in [0.15, 0.2) is 18.3 Å². The number of carboxylic acid groups (broad SMARTS) is 1. The molecule has 2 rings (SSSR count). The van der Waals surface area contributed by atoms with Crippen molar-refractivity contribution in [2.45, 2.75) is 13.8 Å². The third-order valence-corrected chi connectivity index (χ3v) is 2.45. The van der Waals surface area contributed by atoms with Crippen molar-refractivity contribution in [1.29, 1.82) is 0 Å². The highest BCUT2D eigenvalue weighted by molar-refractivity contribution is 6.05. The SMILES string of the molecule is Cc1cc(C)c2[nH]ccc2c1C(=O)O. The summed E-state index contributed by atoms with van der Waals surface area (Å²) in [6.07, 6.45) is 1.77. The van der Waals surface area contributed by atoms with E-state index in [1.165, 1.54) is 0 Å². The molecule has 0 saturated carbocycles. The molecule has 2 aromatic rings. The maximum absolute atomic E-state index is 11.0.